The van der Waals surface area contributed by atoms with Crippen LogP contribution in [0, 0.1) is 0 Å². The van der Waals surface area contributed by atoms with Crippen LogP contribution >= 0.6 is 15.9 Å². The number of nitrogens with one attached hydrogen (secondary N) is 1. The van der Waals surface area contributed by atoms with Gasteiger partial charge in [-0.25, -0.2) is 0 Å². The predicted molar refractivity (Wildman–Crippen MR) is 97.9 cm³/mol. The lowest BCUT2D eigenvalue weighted by Gasteiger charge is -2.06. The van der Waals surface area contributed by atoms with Crippen molar-refractivity contribution >= 4 is 33.5 Å². The minimum absolute atomic E-state index is 0.0446. The molecule has 3 rings (SSSR count). The summed E-state index contributed by atoms with van der Waals surface area (Å²) in [7, 11) is 0. The molecule has 0 bridgehead atoms. The van der Waals surface area contributed by atoms with Crippen LogP contribution in [0.25, 0.3) is 0 Å². The van der Waals surface area contributed by atoms with Gasteiger partial charge in [-0.3, -0.25) is 19.0 Å². The van der Waals surface area contributed by atoms with Gasteiger partial charge >= 0.3 is 5.97 Å². The summed E-state index contributed by atoms with van der Waals surface area (Å²) in [5.41, 5.74) is 1.94. The van der Waals surface area contributed by atoms with Crippen molar-refractivity contribution in [1.82, 2.24) is 19.6 Å². The van der Waals surface area contributed by atoms with Crippen molar-refractivity contribution in [2.75, 3.05) is 5.32 Å². The van der Waals surface area contributed by atoms with Crippen molar-refractivity contribution in [2.24, 2.45) is 0 Å². The molecule has 0 aliphatic heterocycles. The number of nitrogens with zero attached hydrogens (tertiary/aromatic N) is 4. The predicted octanol–water partition coefficient (Wildman–Crippen LogP) is 2.62. The Bertz CT molecular complexity index is 917. The van der Waals surface area contributed by atoms with E-state index in [1.807, 2.05) is 30.5 Å². The quantitative estimate of drug-likeness (QED) is 0.614. The summed E-state index contributed by atoms with van der Waals surface area (Å²) in [4.78, 5) is 22.8. The number of anilines is 1. The average molecular weight is 418 g/mol. The average Bonchev–Trinajstić information content (AvgIpc) is 3.24. The van der Waals surface area contributed by atoms with Gasteiger partial charge in [0.1, 0.15) is 0 Å². The lowest BCUT2D eigenvalue weighted by Crippen LogP contribution is -2.14. The van der Waals surface area contributed by atoms with Gasteiger partial charge < -0.3 is 10.4 Å². The van der Waals surface area contributed by atoms with Crippen LogP contribution in [-0.2, 0) is 17.9 Å². The van der Waals surface area contributed by atoms with E-state index in [9.17, 15) is 9.59 Å². The molecule has 0 saturated heterocycles. The number of carbonyl (C=O) groups excluding carboxylic acids is 1. The smallest absolute Gasteiger partial charge is 0.305 e. The molecule has 26 heavy (non-hydrogen) atoms. The summed E-state index contributed by atoms with van der Waals surface area (Å²) in [6.07, 6.45) is 5.15. The van der Waals surface area contributed by atoms with Gasteiger partial charge in [0.2, 0.25) is 0 Å². The molecule has 0 unspecified atom stereocenters. The number of hydrogen-bond acceptors (Lipinski definition) is 4. The summed E-state index contributed by atoms with van der Waals surface area (Å²) in [5, 5.41) is 19.7. The molecule has 0 atom stereocenters. The monoisotopic (exact) mass is 417 g/mol. The number of carboxylic acids is 1. The van der Waals surface area contributed by atoms with Crippen molar-refractivity contribution in [2.45, 2.75) is 19.5 Å². The molecule has 0 aliphatic carbocycles. The van der Waals surface area contributed by atoms with E-state index in [2.05, 4.69) is 31.4 Å². The maximum Gasteiger partial charge on any atom is 0.305 e. The molecular formula is C17H16BrN5O3. The van der Waals surface area contributed by atoms with E-state index in [-0.39, 0.29) is 24.6 Å². The maximum absolute atomic E-state index is 12.2. The maximum atomic E-state index is 12.2. The highest BCUT2D eigenvalue weighted by Crippen LogP contribution is 2.13. The van der Waals surface area contributed by atoms with Crippen molar-refractivity contribution in [3.63, 3.8) is 0 Å². The number of aromatic nitrogens is 4. The number of amides is 1. The fraction of sp³-hybridized carbons (Fsp3) is 0.176. The Morgan fingerprint density at radius 2 is 1.92 bits per heavy atom. The summed E-state index contributed by atoms with van der Waals surface area (Å²) in [6, 6.07) is 9.01. The first-order valence-corrected chi connectivity index (χ1v) is 8.62. The normalized spacial score (nSPS) is 10.7. The van der Waals surface area contributed by atoms with Gasteiger partial charge in [-0.05, 0) is 39.7 Å². The van der Waals surface area contributed by atoms with Gasteiger partial charge in [0.15, 0.2) is 5.69 Å². The number of benzene rings is 1. The second-order valence-electron chi connectivity index (χ2n) is 5.61. The SMILES string of the molecule is O=C(O)CCn1ccc(C(=O)Nc2ccc(Cn3cc(Br)cn3)cc2)n1. The van der Waals surface area contributed by atoms with Gasteiger partial charge in [0.25, 0.3) is 5.91 Å². The minimum atomic E-state index is -0.908. The number of hydrogen-bond donors (Lipinski definition) is 2. The Labute approximate surface area is 157 Å². The van der Waals surface area contributed by atoms with Crippen LogP contribution in [0.4, 0.5) is 5.69 Å². The molecule has 2 aromatic heterocycles. The van der Waals surface area contributed by atoms with E-state index >= 15 is 0 Å². The van der Waals surface area contributed by atoms with Crippen LogP contribution in [0.1, 0.15) is 22.5 Å². The van der Waals surface area contributed by atoms with Crippen molar-refractivity contribution in [3.8, 4) is 0 Å². The van der Waals surface area contributed by atoms with Gasteiger partial charge in [0, 0.05) is 18.1 Å². The Morgan fingerprint density at radius 3 is 2.58 bits per heavy atom. The summed E-state index contributed by atoms with van der Waals surface area (Å²) < 4.78 is 4.17. The largest absolute Gasteiger partial charge is 0.481 e. The second-order valence-corrected chi connectivity index (χ2v) is 6.53. The first-order chi connectivity index (χ1) is 12.5. The highest BCUT2D eigenvalue weighted by atomic mass is 79.9. The first kappa shape index (κ1) is 17.9. The van der Waals surface area contributed by atoms with Gasteiger partial charge in [-0.2, -0.15) is 10.2 Å². The molecular weight excluding hydrogens is 402 g/mol. The van der Waals surface area contributed by atoms with Crippen LogP contribution in [-0.4, -0.2) is 36.5 Å². The number of halogens is 1. The number of carbonyl (C=O) groups is 2. The van der Waals surface area contributed by atoms with Crippen LogP contribution < -0.4 is 5.32 Å². The summed E-state index contributed by atoms with van der Waals surface area (Å²) >= 11 is 3.36. The third-order valence-corrected chi connectivity index (χ3v) is 4.00. The fourth-order valence-electron chi connectivity index (χ4n) is 2.32. The summed E-state index contributed by atoms with van der Waals surface area (Å²) in [6.45, 7) is 0.856. The zero-order valence-corrected chi connectivity index (χ0v) is 15.3. The number of carboxylic acid groups (broad SMARTS) is 1. The zero-order valence-electron chi connectivity index (χ0n) is 13.7. The van der Waals surface area contributed by atoms with Crippen LogP contribution in [0.2, 0.25) is 0 Å². The van der Waals surface area contributed by atoms with Gasteiger partial charge in [0.05, 0.1) is 30.2 Å². The molecule has 8 nitrogen and oxygen atoms in total. The highest BCUT2D eigenvalue weighted by molar-refractivity contribution is 9.10. The van der Waals surface area contributed by atoms with Crippen LogP contribution in [0.5, 0.6) is 0 Å². The molecule has 2 heterocycles. The Morgan fingerprint density at radius 1 is 1.15 bits per heavy atom. The number of aliphatic carboxylic acids is 1. The van der Waals surface area contributed by atoms with Crippen molar-refractivity contribution in [3.05, 3.63) is 64.7 Å². The molecule has 3 aromatic rings. The summed E-state index contributed by atoms with van der Waals surface area (Å²) in [5.74, 6) is -1.25. The molecule has 9 heteroatoms. The third kappa shape index (κ3) is 4.79. The molecule has 0 spiro atoms. The standard InChI is InChI=1S/C17H16BrN5O3/c18-13-9-19-23(11-13)10-12-1-3-14(4-2-12)20-17(26)15-5-7-22(21-15)8-6-16(24)25/h1-5,7,9,11H,6,8,10H2,(H,20,26)(H,24,25). The highest BCUT2D eigenvalue weighted by Gasteiger charge is 2.10. The molecule has 0 fully saturated rings. The van der Waals surface area contributed by atoms with Gasteiger partial charge in [-0.1, -0.05) is 12.1 Å². The number of rotatable bonds is 7. The Kier molecular flexibility index (Phi) is 5.47. The van der Waals surface area contributed by atoms with Crippen molar-refractivity contribution in [1.29, 1.82) is 0 Å². The minimum Gasteiger partial charge on any atom is -0.481 e. The van der Waals surface area contributed by atoms with E-state index in [1.165, 1.54) is 4.68 Å². The van der Waals surface area contributed by atoms with Crippen LogP contribution in [0.3, 0.4) is 0 Å². The molecule has 1 aromatic carbocycles. The molecule has 2 N–H and O–H groups in total. The Balaban J connectivity index is 1.58. The van der Waals surface area contributed by atoms with E-state index < -0.39 is 5.97 Å². The lowest BCUT2D eigenvalue weighted by atomic mass is 10.2. The molecule has 1 amide bonds. The number of aryl methyl sites for hydroxylation is 1. The molecule has 0 saturated carbocycles. The van der Waals surface area contributed by atoms with E-state index in [0.717, 1.165) is 10.0 Å². The Hall–Kier alpha value is -2.94. The molecule has 0 radical (unpaired) electrons. The lowest BCUT2D eigenvalue weighted by molar-refractivity contribution is -0.137. The van der Waals surface area contributed by atoms with Crippen molar-refractivity contribution < 1.29 is 14.7 Å². The second kappa shape index (κ2) is 7.96. The zero-order chi connectivity index (χ0) is 18.5. The van der Waals surface area contributed by atoms with Gasteiger partial charge in [-0.15, -0.1) is 0 Å². The molecule has 134 valence electrons. The van der Waals surface area contributed by atoms with E-state index in [1.54, 1.807) is 23.1 Å². The van der Waals surface area contributed by atoms with E-state index in [0.29, 0.717) is 12.2 Å². The topological polar surface area (TPSA) is 102 Å². The van der Waals surface area contributed by atoms with E-state index in [4.69, 9.17) is 5.11 Å². The van der Waals surface area contributed by atoms with Crippen LogP contribution in [0.15, 0.2) is 53.4 Å². The third-order valence-electron chi connectivity index (χ3n) is 3.59. The fourth-order valence-corrected chi connectivity index (χ4v) is 2.65. The molecule has 0 aliphatic rings. The first-order valence-electron chi connectivity index (χ1n) is 7.83.